The highest BCUT2D eigenvalue weighted by Crippen LogP contribution is 2.36. The van der Waals surface area contributed by atoms with E-state index in [1.807, 2.05) is 43.3 Å². The molecule has 53 heavy (non-hydrogen) atoms. The zero-order chi connectivity index (χ0) is 38.1. The van der Waals surface area contributed by atoms with Crippen LogP contribution in [-0.4, -0.2) is 68.4 Å². The molecule has 2 aromatic carbocycles. The van der Waals surface area contributed by atoms with E-state index in [0.29, 0.717) is 44.7 Å². The van der Waals surface area contributed by atoms with E-state index in [-0.39, 0.29) is 35.0 Å². The number of benzene rings is 2. The molecule has 7 rings (SSSR count). The van der Waals surface area contributed by atoms with E-state index in [4.69, 9.17) is 52.1 Å². The number of hydrogen-bond acceptors (Lipinski definition) is 11. The van der Waals surface area contributed by atoms with Crippen molar-refractivity contribution in [2.75, 3.05) is 33.9 Å². The number of ether oxygens (including phenoxy) is 4. The first-order chi connectivity index (χ1) is 25.5. The lowest BCUT2D eigenvalue weighted by Gasteiger charge is -2.45. The second kappa shape index (κ2) is 18.1. The Morgan fingerprint density at radius 2 is 1.72 bits per heavy atom. The van der Waals surface area contributed by atoms with E-state index in [2.05, 4.69) is 10.2 Å². The Balaban J connectivity index is 0.00000175. The normalized spacial score (nSPS) is 19.2. The van der Waals surface area contributed by atoms with Gasteiger partial charge in [0.15, 0.2) is 23.9 Å². The summed E-state index contributed by atoms with van der Waals surface area (Å²) in [6.45, 7) is 4.78. The second-order valence-electron chi connectivity index (χ2n) is 12.8. The first kappa shape index (κ1) is 39.8. The topological polar surface area (TPSA) is 151 Å². The van der Waals surface area contributed by atoms with Gasteiger partial charge in [-0.2, -0.15) is 4.73 Å². The molecule has 2 N–H and O–H groups in total. The number of nitrogens with one attached hydrogen (secondary N) is 1. The number of rotatable bonds is 13. The van der Waals surface area contributed by atoms with E-state index in [1.165, 1.54) is 38.0 Å². The van der Waals surface area contributed by atoms with Gasteiger partial charge in [0, 0.05) is 30.0 Å². The van der Waals surface area contributed by atoms with Crippen LogP contribution in [0.15, 0.2) is 73.1 Å². The smallest absolute Gasteiger partial charge is 0.348 e. The van der Waals surface area contributed by atoms with Crippen LogP contribution in [-0.2, 0) is 37.6 Å². The van der Waals surface area contributed by atoms with E-state index in [9.17, 15) is 14.8 Å². The summed E-state index contributed by atoms with van der Waals surface area (Å²) < 4.78 is 23.7. The Bertz CT molecular complexity index is 1860. The zero-order valence-corrected chi connectivity index (χ0v) is 31.8. The summed E-state index contributed by atoms with van der Waals surface area (Å²) in [5.41, 5.74) is 0.739. The minimum atomic E-state index is -1.12. The van der Waals surface area contributed by atoms with E-state index in [1.54, 1.807) is 24.3 Å². The fourth-order valence-corrected chi connectivity index (χ4v) is 8.02. The Kier molecular flexibility index (Phi) is 13.6. The molecule has 12 nitrogen and oxygen atoms in total. The third-order valence-corrected chi connectivity index (χ3v) is 11.3. The van der Waals surface area contributed by atoms with E-state index < -0.39 is 17.6 Å². The number of nitrogens with zero attached hydrogens (tertiary/aromatic N) is 2. The number of carbonyl (C=O) groups is 3. The molecule has 0 amide bonds. The lowest BCUT2D eigenvalue weighted by atomic mass is 9.85. The number of aromatic nitrogens is 1. The quantitative estimate of drug-likeness (QED) is 0.0692. The van der Waals surface area contributed by atoms with Crippen molar-refractivity contribution in [3.63, 3.8) is 0 Å². The summed E-state index contributed by atoms with van der Waals surface area (Å²) in [6, 6.07) is 18.3. The molecule has 2 bridgehead atoms. The molecule has 0 spiro atoms. The fourth-order valence-electron chi connectivity index (χ4n) is 6.59. The van der Waals surface area contributed by atoms with Crippen molar-refractivity contribution in [2.45, 2.75) is 50.5 Å². The lowest BCUT2D eigenvalue weighted by molar-refractivity contribution is -0.605. The van der Waals surface area contributed by atoms with Crippen LogP contribution in [0.25, 0.3) is 0 Å². The number of fused-ring (bicyclic) bond motifs is 3. The Labute approximate surface area is 321 Å². The van der Waals surface area contributed by atoms with E-state index >= 15 is 0 Å². The SMILES string of the molecule is COc1ccc(C(Cc2c(Cl)c[n+]([O-])cc2Cl)OC(=O)c2ccc(CN[C@](C)(C(=O)O[C@H]3CN4CCC3CC4)c3ccccc3)s2)cc1OC.O=CO. The van der Waals surface area contributed by atoms with Crippen molar-refractivity contribution in [1.29, 1.82) is 0 Å². The Morgan fingerprint density at radius 3 is 2.32 bits per heavy atom. The first-order valence-electron chi connectivity index (χ1n) is 16.9. The van der Waals surface area contributed by atoms with E-state index in [0.717, 1.165) is 42.9 Å². The summed E-state index contributed by atoms with van der Waals surface area (Å²) in [5, 5.41) is 22.5. The zero-order valence-electron chi connectivity index (χ0n) is 29.5. The summed E-state index contributed by atoms with van der Waals surface area (Å²) in [5.74, 6) is 0.462. The number of carbonyl (C=O) groups excluding carboxylic acids is 2. The molecule has 0 radical (unpaired) electrons. The number of halogens is 2. The standard InChI is InChI=1S/C37H39Cl2N3O7S.CH2O2/c1-37(25-7-5-4-6-8-25,36(44)49-33-22-41-15-13-23(33)14-16-41)40-19-26-10-12-34(50-26)35(43)48-31(18-27-28(38)20-42(45)21-29(27)39)24-9-11-30(46-2)32(17-24)47-3;2-1-3/h4-12,17,20-21,23,31,33,40H,13-16,18-19,22H2,1-3H3;1H,(H,2,3)/t31?,33-,37-;/m0./s1. The van der Waals surface area contributed by atoms with Crippen LogP contribution in [0.4, 0.5) is 0 Å². The molecule has 3 saturated heterocycles. The van der Waals surface area contributed by atoms with Crippen LogP contribution < -0.4 is 19.5 Å². The fraction of sp³-hybridized carbons (Fsp3) is 0.368. The number of thiophene rings is 1. The molecule has 0 saturated carbocycles. The van der Waals surface area contributed by atoms with Crippen LogP contribution in [0.1, 0.15) is 57.1 Å². The molecular weight excluding hydrogens is 745 g/mol. The Hall–Kier alpha value is -4.40. The van der Waals surface area contributed by atoms with Gasteiger partial charge in [-0.3, -0.25) is 15.0 Å². The molecule has 3 fully saturated rings. The van der Waals surface area contributed by atoms with Gasteiger partial charge in [-0.05, 0) is 74.2 Å². The highest BCUT2D eigenvalue weighted by Gasteiger charge is 2.42. The van der Waals surface area contributed by atoms with Crippen LogP contribution in [0, 0.1) is 11.1 Å². The number of methoxy groups -OCH3 is 2. The molecule has 282 valence electrons. The molecular formula is C38H41Cl2N3O9S. The molecule has 15 heteroatoms. The molecule has 3 atom stereocenters. The molecule has 3 aliphatic heterocycles. The van der Waals surface area contributed by atoms with Crippen LogP contribution in [0.5, 0.6) is 11.5 Å². The van der Waals surface area contributed by atoms with Gasteiger partial charge in [0.2, 0.25) is 0 Å². The monoisotopic (exact) mass is 785 g/mol. The summed E-state index contributed by atoms with van der Waals surface area (Å²) >= 11 is 14.1. The van der Waals surface area contributed by atoms with Crippen LogP contribution in [0.2, 0.25) is 10.0 Å². The number of esters is 2. The largest absolute Gasteiger partial charge is 0.619 e. The summed E-state index contributed by atoms with van der Waals surface area (Å²) in [4.78, 5) is 39.4. The maximum absolute atomic E-state index is 13.9. The third kappa shape index (κ3) is 9.59. The van der Waals surface area contributed by atoms with Crippen molar-refractivity contribution in [2.24, 2.45) is 5.92 Å². The van der Waals surface area contributed by atoms with Crippen LogP contribution >= 0.6 is 34.5 Å². The molecule has 1 unspecified atom stereocenters. The van der Waals surface area contributed by atoms with Crippen molar-refractivity contribution in [1.82, 2.24) is 10.2 Å². The maximum Gasteiger partial charge on any atom is 0.348 e. The van der Waals surface area contributed by atoms with Gasteiger partial charge in [0.1, 0.15) is 32.7 Å². The van der Waals surface area contributed by atoms with Crippen LogP contribution in [0.3, 0.4) is 0 Å². The maximum atomic E-state index is 13.9. The number of pyridine rings is 1. The molecule has 0 aliphatic carbocycles. The van der Waals surface area contributed by atoms with Gasteiger partial charge in [-0.15, -0.1) is 11.3 Å². The van der Waals surface area contributed by atoms with Crippen molar-refractivity contribution < 1.29 is 43.2 Å². The predicted molar refractivity (Wildman–Crippen MR) is 200 cm³/mol. The highest BCUT2D eigenvalue weighted by molar-refractivity contribution is 7.13. The lowest BCUT2D eigenvalue weighted by Crippen LogP contribution is -2.55. The van der Waals surface area contributed by atoms with Crippen molar-refractivity contribution in [3.05, 3.63) is 115 Å². The minimum Gasteiger partial charge on any atom is -0.619 e. The minimum absolute atomic E-state index is 0.0939. The summed E-state index contributed by atoms with van der Waals surface area (Å²) in [6.07, 6.45) is 3.61. The van der Waals surface area contributed by atoms with Gasteiger partial charge in [-0.25, -0.2) is 9.59 Å². The van der Waals surface area contributed by atoms with Gasteiger partial charge < -0.3 is 29.3 Å². The molecule has 5 heterocycles. The van der Waals surface area contributed by atoms with Crippen molar-refractivity contribution in [3.8, 4) is 11.5 Å². The third-order valence-electron chi connectivity index (χ3n) is 9.57. The first-order valence-corrected chi connectivity index (χ1v) is 18.5. The number of piperidine rings is 3. The van der Waals surface area contributed by atoms with Gasteiger partial charge in [0.25, 0.3) is 6.47 Å². The average Bonchev–Trinajstić information content (AvgIpc) is 3.65. The van der Waals surface area contributed by atoms with Gasteiger partial charge in [0.05, 0.1) is 14.2 Å². The molecule has 2 aromatic heterocycles. The van der Waals surface area contributed by atoms with Gasteiger partial charge >= 0.3 is 11.9 Å². The van der Waals surface area contributed by atoms with Gasteiger partial charge in [-0.1, -0.05) is 59.6 Å². The van der Waals surface area contributed by atoms with Crippen molar-refractivity contribution >= 4 is 52.9 Å². The highest BCUT2D eigenvalue weighted by atomic mass is 35.5. The second-order valence-corrected chi connectivity index (χ2v) is 14.8. The molecule has 4 aromatic rings. The predicted octanol–water partition coefficient (Wildman–Crippen LogP) is 6.19. The number of carboxylic acid groups (broad SMARTS) is 1. The summed E-state index contributed by atoms with van der Waals surface area (Å²) in [7, 11) is 3.05. The Morgan fingerprint density at radius 1 is 1.06 bits per heavy atom. The average molecular weight is 787 g/mol. The molecule has 3 aliphatic rings. The number of hydrogen-bond donors (Lipinski definition) is 2.